The van der Waals surface area contributed by atoms with Gasteiger partial charge in [0.15, 0.2) is 0 Å². The minimum atomic E-state index is -0.318. The van der Waals surface area contributed by atoms with Gasteiger partial charge >= 0.3 is 0 Å². The van der Waals surface area contributed by atoms with Crippen molar-refractivity contribution >= 4 is 17.7 Å². The molecule has 0 bridgehead atoms. The number of hydrogen-bond donors (Lipinski definition) is 1. The lowest BCUT2D eigenvalue weighted by Crippen LogP contribution is -2.45. The Morgan fingerprint density at radius 2 is 1.92 bits per heavy atom. The van der Waals surface area contributed by atoms with Crippen molar-refractivity contribution < 1.29 is 13.7 Å². The Balaban J connectivity index is 1.05. The highest BCUT2D eigenvalue weighted by molar-refractivity contribution is 5.94. The van der Waals surface area contributed by atoms with Crippen LogP contribution in [-0.2, 0) is 0 Å². The van der Waals surface area contributed by atoms with Gasteiger partial charge in [-0.15, -0.1) is 0 Å². The van der Waals surface area contributed by atoms with Gasteiger partial charge in [0.25, 0.3) is 5.91 Å². The van der Waals surface area contributed by atoms with E-state index in [1.165, 1.54) is 18.3 Å². The average molecular weight is 528 g/mol. The molecule has 1 N–H and O–H groups in total. The molecule has 1 amide bonds. The van der Waals surface area contributed by atoms with Crippen LogP contribution < -0.4 is 15.1 Å². The maximum atomic E-state index is 13.5. The van der Waals surface area contributed by atoms with E-state index in [4.69, 9.17) is 9.51 Å². The Morgan fingerprint density at radius 3 is 2.67 bits per heavy atom. The maximum absolute atomic E-state index is 13.5. The Hall–Kier alpha value is -4.34. The molecule has 10 heteroatoms. The number of aryl methyl sites for hydroxylation is 1. The normalized spacial score (nSPS) is 17.9. The zero-order valence-electron chi connectivity index (χ0n) is 21.8. The molecule has 2 fully saturated rings. The van der Waals surface area contributed by atoms with Crippen LogP contribution in [0.25, 0.3) is 11.3 Å². The Kier molecular flexibility index (Phi) is 6.91. The van der Waals surface area contributed by atoms with Crippen molar-refractivity contribution in [2.45, 2.75) is 44.7 Å². The molecule has 3 aromatic heterocycles. The van der Waals surface area contributed by atoms with Crippen molar-refractivity contribution in [1.29, 1.82) is 0 Å². The molecular weight excluding hydrogens is 497 g/mol. The molecule has 2 saturated heterocycles. The van der Waals surface area contributed by atoms with E-state index >= 15 is 0 Å². The Bertz CT molecular complexity index is 1450. The first-order valence-corrected chi connectivity index (χ1v) is 13.3. The molecule has 6 rings (SSSR count). The minimum absolute atomic E-state index is 0.0539. The number of halogens is 1. The predicted molar refractivity (Wildman–Crippen MR) is 145 cm³/mol. The van der Waals surface area contributed by atoms with Gasteiger partial charge in [0.2, 0.25) is 5.95 Å². The topological polar surface area (TPSA) is 100 Å². The summed E-state index contributed by atoms with van der Waals surface area (Å²) < 4.78 is 18.8. The number of piperidine rings is 1. The third-order valence-corrected chi connectivity index (χ3v) is 7.42. The molecule has 0 aliphatic carbocycles. The van der Waals surface area contributed by atoms with Crippen molar-refractivity contribution in [3.8, 4) is 11.3 Å². The number of benzene rings is 1. The molecule has 9 nitrogen and oxygen atoms in total. The van der Waals surface area contributed by atoms with E-state index in [0.717, 1.165) is 62.6 Å². The largest absolute Gasteiger partial charge is 0.361 e. The lowest BCUT2D eigenvalue weighted by atomic mass is 10.0. The van der Waals surface area contributed by atoms with E-state index in [-0.39, 0.29) is 23.8 Å². The number of carbonyl (C=O) groups is 1. The van der Waals surface area contributed by atoms with Gasteiger partial charge < -0.3 is 19.6 Å². The smallest absolute Gasteiger partial charge is 0.253 e. The molecule has 1 unspecified atom stereocenters. The molecule has 2 aliphatic rings. The van der Waals surface area contributed by atoms with E-state index in [0.29, 0.717) is 22.8 Å². The van der Waals surface area contributed by atoms with E-state index in [2.05, 4.69) is 30.2 Å². The van der Waals surface area contributed by atoms with Crippen LogP contribution in [0.4, 0.5) is 16.2 Å². The lowest BCUT2D eigenvalue weighted by molar-refractivity contribution is 0.0930. The van der Waals surface area contributed by atoms with Crippen LogP contribution in [0.5, 0.6) is 0 Å². The monoisotopic (exact) mass is 527 g/mol. The number of rotatable bonds is 6. The molecule has 0 saturated carbocycles. The van der Waals surface area contributed by atoms with Crippen molar-refractivity contribution in [1.82, 2.24) is 25.4 Å². The SMILES string of the molecule is Cc1cc(C2CCCN2c2ccnc(N3CCC(NC(=O)c4ccc(-c5cccc(F)c5)nc4)CC3)n2)no1. The Labute approximate surface area is 226 Å². The number of hydrogen-bond acceptors (Lipinski definition) is 8. The van der Waals surface area contributed by atoms with E-state index < -0.39 is 0 Å². The van der Waals surface area contributed by atoms with Gasteiger partial charge in [-0.2, -0.15) is 4.98 Å². The predicted octanol–water partition coefficient (Wildman–Crippen LogP) is 4.71. The molecule has 4 aromatic rings. The van der Waals surface area contributed by atoms with Crippen LogP contribution in [0.2, 0.25) is 0 Å². The molecule has 1 atom stereocenters. The van der Waals surface area contributed by atoms with Gasteiger partial charge in [0.05, 0.1) is 17.3 Å². The number of anilines is 2. The first kappa shape index (κ1) is 25.0. The van der Waals surface area contributed by atoms with Crippen LogP contribution in [0.15, 0.2) is 65.4 Å². The summed E-state index contributed by atoms with van der Waals surface area (Å²) in [4.78, 5) is 31.1. The summed E-state index contributed by atoms with van der Waals surface area (Å²) in [6.45, 7) is 4.32. The zero-order valence-corrected chi connectivity index (χ0v) is 21.8. The summed E-state index contributed by atoms with van der Waals surface area (Å²) >= 11 is 0. The van der Waals surface area contributed by atoms with E-state index in [1.54, 1.807) is 24.3 Å². The molecule has 39 heavy (non-hydrogen) atoms. The van der Waals surface area contributed by atoms with Gasteiger partial charge in [0.1, 0.15) is 23.1 Å². The number of aromatic nitrogens is 4. The first-order valence-electron chi connectivity index (χ1n) is 13.3. The number of carbonyl (C=O) groups excluding carboxylic acids is 1. The third kappa shape index (κ3) is 5.45. The average Bonchev–Trinajstić information content (AvgIpc) is 3.63. The second-order valence-corrected chi connectivity index (χ2v) is 10.1. The highest BCUT2D eigenvalue weighted by Crippen LogP contribution is 2.35. The molecule has 200 valence electrons. The number of nitrogens with zero attached hydrogens (tertiary/aromatic N) is 6. The fourth-order valence-corrected chi connectivity index (χ4v) is 5.38. The fourth-order valence-electron chi connectivity index (χ4n) is 5.38. The zero-order chi connectivity index (χ0) is 26.8. The highest BCUT2D eigenvalue weighted by Gasteiger charge is 2.30. The molecular formula is C29H30FN7O2. The van der Waals surface area contributed by atoms with Crippen LogP contribution in [-0.4, -0.2) is 51.7 Å². The van der Waals surface area contributed by atoms with Gasteiger partial charge in [-0.1, -0.05) is 17.3 Å². The molecule has 0 spiro atoms. The summed E-state index contributed by atoms with van der Waals surface area (Å²) in [7, 11) is 0. The lowest BCUT2D eigenvalue weighted by Gasteiger charge is -2.33. The van der Waals surface area contributed by atoms with Crippen molar-refractivity contribution in [2.75, 3.05) is 29.4 Å². The maximum Gasteiger partial charge on any atom is 0.253 e. The highest BCUT2D eigenvalue weighted by atomic mass is 19.1. The van der Waals surface area contributed by atoms with Gasteiger partial charge in [-0.3, -0.25) is 9.78 Å². The number of nitrogens with one attached hydrogen (secondary N) is 1. The second-order valence-electron chi connectivity index (χ2n) is 10.1. The molecule has 2 aliphatic heterocycles. The van der Waals surface area contributed by atoms with Crippen LogP contribution in [0, 0.1) is 12.7 Å². The fraction of sp³-hybridized carbons (Fsp3) is 0.345. The van der Waals surface area contributed by atoms with Crippen molar-refractivity contribution in [3.05, 3.63) is 83.8 Å². The second kappa shape index (κ2) is 10.8. The summed E-state index contributed by atoms with van der Waals surface area (Å²) in [6.07, 6.45) is 7.02. The van der Waals surface area contributed by atoms with E-state index in [9.17, 15) is 9.18 Å². The van der Waals surface area contributed by atoms with Crippen molar-refractivity contribution in [3.63, 3.8) is 0 Å². The van der Waals surface area contributed by atoms with Crippen LogP contribution >= 0.6 is 0 Å². The number of pyridine rings is 1. The Morgan fingerprint density at radius 1 is 1.05 bits per heavy atom. The summed E-state index contributed by atoms with van der Waals surface area (Å²) in [5.41, 5.74) is 2.73. The quantitative estimate of drug-likeness (QED) is 0.385. The summed E-state index contributed by atoms with van der Waals surface area (Å²) in [5, 5.41) is 7.37. The first-order chi connectivity index (χ1) is 19.0. The number of amides is 1. The van der Waals surface area contributed by atoms with Crippen molar-refractivity contribution in [2.24, 2.45) is 0 Å². The molecule has 5 heterocycles. The summed E-state index contributed by atoms with van der Waals surface area (Å²) in [6, 6.07) is 13.9. The molecule has 1 aromatic carbocycles. The standard InChI is InChI=1S/C29H30FN7O2/c1-19-16-25(35-39-19)26-6-3-13-37(26)27-9-12-31-29(34-27)36-14-10-23(11-15-36)33-28(38)21-7-8-24(32-18-21)20-4-2-5-22(30)17-20/h2,4-5,7-9,12,16-18,23,26H,3,6,10-11,13-15H2,1H3,(H,33,38). The van der Waals surface area contributed by atoms with Crippen LogP contribution in [0.3, 0.4) is 0 Å². The van der Waals surface area contributed by atoms with Gasteiger partial charge in [-0.05, 0) is 62.9 Å². The van der Waals surface area contributed by atoms with Gasteiger partial charge in [-0.25, -0.2) is 9.37 Å². The third-order valence-electron chi connectivity index (χ3n) is 7.42. The minimum Gasteiger partial charge on any atom is -0.361 e. The van der Waals surface area contributed by atoms with Gasteiger partial charge in [0, 0.05) is 49.7 Å². The van der Waals surface area contributed by atoms with Crippen LogP contribution in [0.1, 0.15) is 53.5 Å². The molecule has 0 radical (unpaired) electrons. The van der Waals surface area contributed by atoms with E-state index in [1.807, 2.05) is 25.3 Å². The summed E-state index contributed by atoms with van der Waals surface area (Å²) in [5.74, 6) is 1.94.